The van der Waals surface area contributed by atoms with E-state index < -0.39 is 6.17 Å². The monoisotopic (exact) mass is 153 g/mol. The highest BCUT2D eigenvalue weighted by atomic mass is 19.1. The van der Waals surface area contributed by atoms with Gasteiger partial charge in [-0.2, -0.15) is 0 Å². The van der Waals surface area contributed by atoms with Gasteiger partial charge in [-0.05, 0) is 12.5 Å². The molecule has 2 heteroatoms. The first-order valence-corrected chi connectivity index (χ1v) is 3.88. The lowest BCUT2D eigenvalue weighted by atomic mass is 10.1. The van der Waals surface area contributed by atoms with Gasteiger partial charge >= 0.3 is 0 Å². The van der Waals surface area contributed by atoms with Gasteiger partial charge in [0.1, 0.15) is 6.17 Å². The quantitative estimate of drug-likeness (QED) is 0.650. The van der Waals surface area contributed by atoms with Crippen molar-refractivity contribution in [3.63, 3.8) is 0 Å². The molecule has 1 nitrogen and oxygen atoms in total. The largest absolute Gasteiger partial charge is 0.264 e. The average Bonchev–Trinajstić information content (AvgIpc) is 2.07. The third kappa shape index (κ3) is 2.30. The molecule has 1 atom stereocenters. The molecule has 0 saturated heterocycles. The molecule has 0 amide bonds. The Morgan fingerprint density at radius 3 is 3.00 bits per heavy atom. The number of aromatic nitrogens is 1. The lowest BCUT2D eigenvalue weighted by Gasteiger charge is -2.04. The minimum absolute atomic E-state index is 0.589. The highest BCUT2D eigenvalue weighted by molar-refractivity contribution is 5.11. The summed E-state index contributed by atoms with van der Waals surface area (Å²) < 4.78 is 13.1. The second-order valence-corrected chi connectivity index (χ2v) is 2.54. The molecule has 0 aliphatic rings. The van der Waals surface area contributed by atoms with Crippen molar-refractivity contribution in [3.8, 4) is 0 Å². The number of halogens is 1. The molecule has 1 aromatic rings. The van der Waals surface area contributed by atoms with Crippen LogP contribution in [0, 0.1) is 0 Å². The van der Waals surface area contributed by atoms with Crippen molar-refractivity contribution in [2.75, 3.05) is 0 Å². The Morgan fingerprint density at radius 2 is 2.45 bits per heavy atom. The molecular formula is C9H12FN. The van der Waals surface area contributed by atoms with Crippen molar-refractivity contribution in [2.24, 2.45) is 0 Å². The number of rotatable bonds is 3. The fourth-order valence-corrected chi connectivity index (χ4v) is 0.981. The number of nitrogens with zero attached hydrogens (tertiary/aromatic N) is 1. The molecular weight excluding hydrogens is 141 g/mol. The smallest absolute Gasteiger partial charge is 0.127 e. The normalized spacial score (nSPS) is 12.9. The first-order valence-electron chi connectivity index (χ1n) is 3.88. The van der Waals surface area contributed by atoms with Crippen molar-refractivity contribution >= 4 is 0 Å². The standard InChI is InChI=1S/C9H12FN/c1-2-4-9(10)8-5-3-6-11-7-8/h3,5-7,9H,2,4H2,1H3. The summed E-state index contributed by atoms with van der Waals surface area (Å²) in [5, 5.41) is 0. The lowest BCUT2D eigenvalue weighted by Crippen LogP contribution is -1.90. The zero-order chi connectivity index (χ0) is 8.10. The second kappa shape index (κ2) is 4.06. The summed E-state index contributed by atoms with van der Waals surface area (Å²) in [7, 11) is 0. The molecule has 60 valence electrons. The van der Waals surface area contributed by atoms with Crippen molar-refractivity contribution in [3.05, 3.63) is 30.1 Å². The predicted octanol–water partition coefficient (Wildman–Crippen LogP) is 2.89. The molecule has 0 spiro atoms. The minimum atomic E-state index is -0.839. The van der Waals surface area contributed by atoms with E-state index in [9.17, 15) is 4.39 Å². The van der Waals surface area contributed by atoms with E-state index in [1.807, 2.05) is 6.92 Å². The average molecular weight is 153 g/mol. The van der Waals surface area contributed by atoms with Crippen LogP contribution in [0.2, 0.25) is 0 Å². The van der Waals surface area contributed by atoms with Crippen molar-refractivity contribution in [2.45, 2.75) is 25.9 Å². The number of pyridine rings is 1. The van der Waals surface area contributed by atoms with Gasteiger partial charge < -0.3 is 0 Å². The Kier molecular flexibility index (Phi) is 3.02. The Labute approximate surface area is 66.3 Å². The van der Waals surface area contributed by atoms with E-state index in [0.717, 1.165) is 6.42 Å². The second-order valence-electron chi connectivity index (χ2n) is 2.54. The van der Waals surface area contributed by atoms with E-state index in [1.54, 1.807) is 24.5 Å². The summed E-state index contributed by atoms with van der Waals surface area (Å²) in [6, 6.07) is 3.53. The van der Waals surface area contributed by atoms with Crippen molar-refractivity contribution in [1.82, 2.24) is 4.98 Å². The van der Waals surface area contributed by atoms with Crippen molar-refractivity contribution in [1.29, 1.82) is 0 Å². The summed E-state index contributed by atoms with van der Waals surface area (Å²) in [6.07, 6.45) is 3.86. The van der Waals surface area contributed by atoms with Gasteiger partial charge in [0.15, 0.2) is 0 Å². The topological polar surface area (TPSA) is 12.9 Å². The maximum atomic E-state index is 13.1. The van der Waals surface area contributed by atoms with Crippen LogP contribution in [0.3, 0.4) is 0 Å². The molecule has 0 fully saturated rings. The van der Waals surface area contributed by atoms with Crippen LogP contribution in [-0.4, -0.2) is 4.98 Å². The van der Waals surface area contributed by atoms with E-state index in [0.29, 0.717) is 12.0 Å². The van der Waals surface area contributed by atoms with Crippen LogP contribution in [-0.2, 0) is 0 Å². The van der Waals surface area contributed by atoms with Gasteiger partial charge in [0.05, 0.1) is 0 Å². The molecule has 1 aromatic heterocycles. The van der Waals surface area contributed by atoms with E-state index >= 15 is 0 Å². The molecule has 0 bridgehead atoms. The molecule has 11 heavy (non-hydrogen) atoms. The maximum absolute atomic E-state index is 13.1. The van der Waals surface area contributed by atoms with E-state index in [1.165, 1.54) is 0 Å². The highest BCUT2D eigenvalue weighted by Crippen LogP contribution is 2.20. The Hall–Kier alpha value is -0.920. The molecule has 0 aromatic carbocycles. The zero-order valence-electron chi connectivity index (χ0n) is 6.63. The van der Waals surface area contributed by atoms with Crippen LogP contribution in [0.4, 0.5) is 4.39 Å². The van der Waals surface area contributed by atoms with Gasteiger partial charge in [-0.1, -0.05) is 19.4 Å². The molecule has 0 N–H and O–H groups in total. The Morgan fingerprint density at radius 1 is 1.64 bits per heavy atom. The maximum Gasteiger partial charge on any atom is 0.127 e. The molecule has 0 aliphatic carbocycles. The number of hydrogen-bond donors (Lipinski definition) is 0. The number of hydrogen-bond acceptors (Lipinski definition) is 1. The zero-order valence-corrected chi connectivity index (χ0v) is 6.63. The minimum Gasteiger partial charge on any atom is -0.264 e. The van der Waals surface area contributed by atoms with Gasteiger partial charge in [-0.3, -0.25) is 4.98 Å². The van der Waals surface area contributed by atoms with E-state index in [-0.39, 0.29) is 0 Å². The molecule has 0 aliphatic heterocycles. The van der Waals surface area contributed by atoms with E-state index in [4.69, 9.17) is 0 Å². The number of alkyl halides is 1. The lowest BCUT2D eigenvalue weighted by molar-refractivity contribution is 0.320. The van der Waals surface area contributed by atoms with Crippen LogP contribution in [0.1, 0.15) is 31.5 Å². The van der Waals surface area contributed by atoms with Gasteiger partial charge in [0.2, 0.25) is 0 Å². The predicted molar refractivity (Wildman–Crippen MR) is 43.0 cm³/mol. The summed E-state index contributed by atoms with van der Waals surface area (Å²) >= 11 is 0. The Bertz CT molecular complexity index is 198. The van der Waals surface area contributed by atoms with Crippen LogP contribution in [0.25, 0.3) is 0 Å². The van der Waals surface area contributed by atoms with Gasteiger partial charge in [0.25, 0.3) is 0 Å². The van der Waals surface area contributed by atoms with Crippen LogP contribution < -0.4 is 0 Å². The van der Waals surface area contributed by atoms with Crippen LogP contribution in [0.15, 0.2) is 24.5 Å². The van der Waals surface area contributed by atoms with Gasteiger partial charge in [-0.25, -0.2) is 4.39 Å². The molecule has 0 radical (unpaired) electrons. The molecule has 1 unspecified atom stereocenters. The third-order valence-electron chi connectivity index (χ3n) is 1.59. The van der Waals surface area contributed by atoms with Gasteiger partial charge in [-0.15, -0.1) is 0 Å². The highest BCUT2D eigenvalue weighted by Gasteiger charge is 2.06. The van der Waals surface area contributed by atoms with Crippen LogP contribution in [0.5, 0.6) is 0 Å². The first-order chi connectivity index (χ1) is 5.34. The third-order valence-corrected chi connectivity index (χ3v) is 1.59. The SMILES string of the molecule is CCCC(F)c1cccnc1. The summed E-state index contributed by atoms with van der Waals surface area (Å²) in [4.78, 5) is 3.85. The molecule has 0 saturated carbocycles. The first kappa shape index (κ1) is 8.18. The Balaban J connectivity index is 2.61. The molecule has 1 heterocycles. The summed E-state index contributed by atoms with van der Waals surface area (Å²) in [5.74, 6) is 0. The van der Waals surface area contributed by atoms with E-state index in [2.05, 4.69) is 4.98 Å². The van der Waals surface area contributed by atoms with Crippen molar-refractivity contribution < 1.29 is 4.39 Å². The summed E-state index contributed by atoms with van der Waals surface area (Å²) in [6.45, 7) is 1.98. The molecule has 1 rings (SSSR count). The van der Waals surface area contributed by atoms with Crippen LogP contribution >= 0.6 is 0 Å². The fraction of sp³-hybridized carbons (Fsp3) is 0.444. The fourth-order valence-electron chi connectivity index (χ4n) is 0.981. The van der Waals surface area contributed by atoms with Gasteiger partial charge in [0, 0.05) is 18.0 Å². The summed E-state index contributed by atoms with van der Waals surface area (Å²) in [5.41, 5.74) is 0.689.